The molecule has 0 fully saturated rings. The van der Waals surface area contributed by atoms with Gasteiger partial charge in [0.25, 0.3) is 0 Å². The molecular formula is C7H12N2O3. The van der Waals surface area contributed by atoms with Crippen molar-refractivity contribution in [2.75, 3.05) is 14.2 Å². The number of hydrogen-bond acceptors (Lipinski definition) is 3. The fourth-order valence-corrected chi connectivity index (χ4v) is 0.186. The second-order valence-corrected chi connectivity index (χ2v) is 1.40. The molecule has 4 N–H and O–H groups in total. The van der Waals surface area contributed by atoms with E-state index in [1.165, 1.54) is 12.5 Å². The molecule has 0 aromatic rings. The lowest BCUT2D eigenvalue weighted by Crippen LogP contribution is -2.18. The summed E-state index contributed by atoms with van der Waals surface area (Å²) >= 11 is 0. The average molecular weight is 172 g/mol. The number of carbonyl (C=O) groups excluding carboxylic acids is 1. The van der Waals surface area contributed by atoms with Crippen LogP contribution in [0.25, 0.3) is 0 Å². The van der Waals surface area contributed by atoms with Crippen LogP contribution in [0.3, 0.4) is 0 Å². The maximum absolute atomic E-state index is 9.00. The van der Waals surface area contributed by atoms with Crippen molar-refractivity contribution in [3.05, 3.63) is 24.0 Å². The Morgan fingerprint density at radius 2 is 1.42 bits per heavy atom. The third kappa shape index (κ3) is 41.8. The molecule has 0 heterocycles. The third-order valence-corrected chi connectivity index (χ3v) is 0.437. The molecule has 2 amide bonds. The van der Waals surface area contributed by atoms with Crippen LogP contribution in [-0.2, 0) is 9.47 Å². The lowest BCUT2D eigenvalue weighted by Gasteiger charge is -1.76. The van der Waals surface area contributed by atoms with E-state index in [-0.39, 0.29) is 0 Å². The minimum absolute atomic E-state index is 0.833. The Hall–Kier alpha value is -1.83. The van der Waals surface area contributed by atoms with Gasteiger partial charge in [0, 0.05) is 0 Å². The van der Waals surface area contributed by atoms with Crippen molar-refractivity contribution >= 4 is 6.03 Å². The predicted molar refractivity (Wildman–Crippen MR) is 44.0 cm³/mol. The van der Waals surface area contributed by atoms with E-state index in [0.717, 1.165) is 0 Å². The first-order valence-corrected chi connectivity index (χ1v) is 2.90. The van der Waals surface area contributed by atoms with Crippen LogP contribution in [0.4, 0.5) is 4.79 Å². The molecule has 5 nitrogen and oxygen atoms in total. The second kappa shape index (κ2) is 11.9. The largest absolute Gasteiger partial charge is 0.496 e. The monoisotopic (exact) mass is 172 g/mol. The van der Waals surface area contributed by atoms with E-state index in [4.69, 9.17) is 4.79 Å². The molecule has 0 spiro atoms. The highest BCUT2D eigenvalue weighted by molar-refractivity contribution is 5.69. The zero-order valence-corrected chi connectivity index (χ0v) is 7.03. The van der Waals surface area contributed by atoms with Gasteiger partial charge in [-0.15, -0.1) is 0 Å². The first kappa shape index (κ1) is 12.8. The first-order chi connectivity index (χ1) is 5.65. The highest BCUT2D eigenvalue weighted by Crippen LogP contribution is 1.65. The van der Waals surface area contributed by atoms with Gasteiger partial charge in [-0.2, -0.15) is 0 Å². The smallest absolute Gasteiger partial charge is 0.309 e. The zero-order chi connectivity index (χ0) is 9.82. The van der Waals surface area contributed by atoms with E-state index < -0.39 is 6.03 Å². The first-order valence-electron chi connectivity index (χ1n) is 2.90. The van der Waals surface area contributed by atoms with Crippen LogP contribution in [0.15, 0.2) is 24.0 Å². The number of methoxy groups -OCH3 is 2. The van der Waals surface area contributed by atoms with Crippen molar-refractivity contribution < 1.29 is 14.3 Å². The molecule has 0 aromatic carbocycles. The lowest BCUT2D eigenvalue weighted by molar-refractivity contribution is 0.256. The average Bonchev–Trinajstić information content (AvgIpc) is 1.97. The van der Waals surface area contributed by atoms with Gasteiger partial charge in [-0.3, -0.25) is 0 Å². The van der Waals surface area contributed by atoms with E-state index in [0.29, 0.717) is 0 Å². The molecule has 0 aliphatic rings. The summed E-state index contributed by atoms with van der Waals surface area (Å²) in [6.45, 7) is 0. The van der Waals surface area contributed by atoms with E-state index in [1.807, 2.05) is 0 Å². The van der Waals surface area contributed by atoms with Crippen molar-refractivity contribution in [3.8, 4) is 0 Å². The summed E-state index contributed by atoms with van der Waals surface area (Å²) in [5.74, 6) is 0. The van der Waals surface area contributed by atoms with Crippen LogP contribution < -0.4 is 11.5 Å². The van der Waals surface area contributed by atoms with Crippen LogP contribution in [0.5, 0.6) is 0 Å². The minimum atomic E-state index is -0.833. The van der Waals surface area contributed by atoms with Gasteiger partial charge in [-0.05, 0) is 11.5 Å². The van der Waals surface area contributed by atoms with Crippen LogP contribution in [0.1, 0.15) is 0 Å². The van der Waals surface area contributed by atoms with Gasteiger partial charge in [-0.25, -0.2) is 4.79 Å². The molecule has 68 valence electrons. The standard InChI is InChI=1S/C6H8O2.CH4N2O/c1-7-5-3-4-6-8-2;2-1(3)4/h5-6H,1-2H3;(H4,2,3,4). The topological polar surface area (TPSA) is 87.6 Å². The Balaban J connectivity index is 0. The molecule has 0 radical (unpaired) electrons. The summed E-state index contributed by atoms with van der Waals surface area (Å²) in [5.41, 5.74) is 13.6. The fourth-order valence-electron chi connectivity index (χ4n) is 0.186. The summed E-state index contributed by atoms with van der Waals surface area (Å²) in [6.07, 6.45) is 2.77. The lowest BCUT2D eigenvalue weighted by atomic mass is 10.8. The second-order valence-electron chi connectivity index (χ2n) is 1.40. The number of hydrogen-bond donors (Lipinski definition) is 2. The van der Waals surface area contributed by atoms with Crippen molar-refractivity contribution in [1.82, 2.24) is 0 Å². The van der Waals surface area contributed by atoms with Crippen LogP contribution in [-0.4, -0.2) is 20.3 Å². The Morgan fingerprint density at radius 3 is 1.58 bits per heavy atom. The molecule has 0 unspecified atom stereocenters. The number of urea groups is 1. The van der Waals surface area contributed by atoms with Crippen LogP contribution in [0, 0.1) is 0 Å². The number of amides is 2. The maximum Gasteiger partial charge on any atom is 0.309 e. The molecule has 0 aromatic heterocycles. The molecule has 0 bridgehead atoms. The number of primary amides is 2. The molecule has 0 saturated carbocycles. The summed E-state index contributed by atoms with van der Waals surface area (Å²) in [6, 6.07) is -0.833. The molecule has 0 atom stereocenters. The van der Waals surface area contributed by atoms with Crippen molar-refractivity contribution in [2.24, 2.45) is 11.5 Å². The molecule has 0 rings (SSSR count). The predicted octanol–water partition coefficient (Wildman–Crippen LogP) is 0.0844. The Morgan fingerprint density at radius 1 is 1.17 bits per heavy atom. The van der Waals surface area contributed by atoms with Crippen LogP contribution >= 0.6 is 0 Å². The molecule has 0 aliphatic carbocycles. The summed E-state index contributed by atoms with van der Waals surface area (Å²) in [5, 5.41) is 0. The Bertz CT molecular complexity index is 181. The van der Waals surface area contributed by atoms with E-state index in [1.54, 1.807) is 14.2 Å². The normalized spacial score (nSPS) is 5.83. The summed E-state index contributed by atoms with van der Waals surface area (Å²) in [4.78, 5) is 9.00. The van der Waals surface area contributed by atoms with E-state index in [2.05, 4.69) is 32.4 Å². The quantitative estimate of drug-likeness (QED) is 0.457. The van der Waals surface area contributed by atoms with Gasteiger partial charge < -0.3 is 20.9 Å². The van der Waals surface area contributed by atoms with E-state index >= 15 is 0 Å². The number of rotatable bonds is 2. The molecular weight excluding hydrogens is 160 g/mol. The molecule has 0 aliphatic heterocycles. The van der Waals surface area contributed by atoms with Crippen molar-refractivity contribution in [3.63, 3.8) is 0 Å². The SMILES string of the molecule is COC=C=C=COC.NC(N)=O. The number of nitrogens with two attached hydrogens (primary N) is 2. The molecule has 12 heavy (non-hydrogen) atoms. The number of carbonyl (C=O) groups is 1. The van der Waals surface area contributed by atoms with Gasteiger partial charge in [-0.1, -0.05) is 0 Å². The van der Waals surface area contributed by atoms with Gasteiger partial charge >= 0.3 is 6.03 Å². The minimum Gasteiger partial charge on any atom is -0.496 e. The van der Waals surface area contributed by atoms with Gasteiger partial charge in [0.15, 0.2) is 0 Å². The zero-order valence-electron chi connectivity index (χ0n) is 7.03. The highest BCUT2D eigenvalue weighted by Gasteiger charge is 1.60. The van der Waals surface area contributed by atoms with Crippen molar-refractivity contribution in [1.29, 1.82) is 0 Å². The van der Waals surface area contributed by atoms with Gasteiger partial charge in [0.2, 0.25) is 0 Å². The maximum atomic E-state index is 9.00. The highest BCUT2D eigenvalue weighted by atomic mass is 16.5. The molecule has 5 heteroatoms. The van der Waals surface area contributed by atoms with Gasteiger partial charge in [0.05, 0.1) is 14.2 Å². The van der Waals surface area contributed by atoms with Gasteiger partial charge in [0.1, 0.15) is 12.5 Å². The number of ether oxygens (including phenoxy) is 2. The fraction of sp³-hybridized carbons (Fsp3) is 0.286. The third-order valence-electron chi connectivity index (χ3n) is 0.437. The summed E-state index contributed by atoms with van der Waals surface area (Å²) < 4.78 is 9.03. The Labute approximate surface area is 70.9 Å². The Kier molecular flexibility index (Phi) is 12.7. The van der Waals surface area contributed by atoms with E-state index in [9.17, 15) is 0 Å². The van der Waals surface area contributed by atoms with Crippen molar-refractivity contribution in [2.45, 2.75) is 0 Å². The van der Waals surface area contributed by atoms with Crippen LogP contribution in [0.2, 0.25) is 0 Å². The molecule has 0 saturated heterocycles. The summed E-state index contributed by atoms with van der Waals surface area (Å²) in [7, 11) is 3.09.